The van der Waals surface area contributed by atoms with Gasteiger partial charge in [0.25, 0.3) is 0 Å². The highest BCUT2D eigenvalue weighted by atomic mass is 28.4. The van der Waals surface area contributed by atoms with Gasteiger partial charge in [-0.25, -0.2) is 0 Å². The van der Waals surface area contributed by atoms with Crippen molar-refractivity contribution in [3.8, 4) is 0 Å². The molecule has 0 heterocycles. The third-order valence-electron chi connectivity index (χ3n) is 4.09. The minimum atomic E-state index is -2.40. The number of hydrogen-bond donors (Lipinski definition) is 0. The zero-order chi connectivity index (χ0) is 14.1. The van der Waals surface area contributed by atoms with Crippen molar-refractivity contribution < 1.29 is 13.3 Å². The van der Waals surface area contributed by atoms with Gasteiger partial charge in [-0.15, -0.1) is 0 Å². The van der Waals surface area contributed by atoms with E-state index in [1.807, 2.05) is 20.8 Å². The summed E-state index contributed by atoms with van der Waals surface area (Å²) in [5.41, 5.74) is 0. The van der Waals surface area contributed by atoms with E-state index < -0.39 is 8.80 Å². The third-order valence-corrected chi connectivity index (χ3v) is 7.17. The second kappa shape index (κ2) is 9.11. The van der Waals surface area contributed by atoms with Crippen molar-refractivity contribution in [2.24, 2.45) is 11.8 Å². The van der Waals surface area contributed by atoms with Crippen LogP contribution in [0, 0.1) is 11.8 Å². The van der Waals surface area contributed by atoms with Gasteiger partial charge in [-0.2, -0.15) is 0 Å². The fourth-order valence-corrected chi connectivity index (χ4v) is 5.76. The monoisotopic (exact) mass is 288 g/mol. The molecule has 114 valence electrons. The van der Waals surface area contributed by atoms with Crippen LogP contribution in [0.2, 0.25) is 6.04 Å². The molecule has 0 N–H and O–H groups in total. The van der Waals surface area contributed by atoms with Gasteiger partial charge in [-0.3, -0.25) is 0 Å². The maximum atomic E-state index is 5.92. The highest BCUT2D eigenvalue weighted by Crippen LogP contribution is 2.33. The lowest BCUT2D eigenvalue weighted by Gasteiger charge is -2.31. The molecule has 3 nitrogen and oxygen atoms in total. The Kier molecular flexibility index (Phi) is 8.22. The lowest BCUT2D eigenvalue weighted by molar-refractivity contribution is 0.0687. The van der Waals surface area contributed by atoms with Gasteiger partial charge in [-0.1, -0.05) is 32.6 Å². The van der Waals surface area contributed by atoms with E-state index in [4.69, 9.17) is 13.3 Å². The van der Waals surface area contributed by atoms with Crippen LogP contribution >= 0.6 is 0 Å². The third kappa shape index (κ3) is 5.94. The highest BCUT2D eigenvalue weighted by molar-refractivity contribution is 6.60. The summed E-state index contributed by atoms with van der Waals surface area (Å²) in [5, 5.41) is 0. The smallest absolute Gasteiger partial charge is 0.374 e. The van der Waals surface area contributed by atoms with E-state index in [2.05, 4.69) is 6.92 Å². The van der Waals surface area contributed by atoms with Crippen LogP contribution < -0.4 is 0 Å². The van der Waals surface area contributed by atoms with Gasteiger partial charge in [0.05, 0.1) is 0 Å². The minimum absolute atomic E-state index is 0.688. The minimum Gasteiger partial charge on any atom is -0.374 e. The van der Waals surface area contributed by atoms with Crippen LogP contribution in [0.3, 0.4) is 0 Å². The van der Waals surface area contributed by atoms with E-state index in [0.717, 1.165) is 17.9 Å². The Morgan fingerprint density at radius 2 is 1.32 bits per heavy atom. The van der Waals surface area contributed by atoms with Gasteiger partial charge in [0.2, 0.25) is 0 Å². The molecule has 1 rings (SSSR count). The first-order valence-electron chi connectivity index (χ1n) is 8.07. The standard InChI is InChI=1S/C15H32O3Si/c1-5-16-19(17-6-2,18-7-3)13-12-15-10-8-14(4)9-11-15/h14-15H,5-13H2,1-4H3. The molecule has 0 aliphatic heterocycles. The molecule has 19 heavy (non-hydrogen) atoms. The summed E-state index contributed by atoms with van der Waals surface area (Å²) in [7, 11) is -2.40. The molecule has 0 atom stereocenters. The Hall–Kier alpha value is 0.0969. The van der Waals surface area contributed by atoms with Gasteiger partial charge in [0.15, 0.2) is 0 Å². The predicted molar refractivity (Wildman–Crippen MR) is 81.2 cm³/mol. The van der Waals surface area contributed by atoms with Crippen LogP contribution in [0.1, 0.15) is 59.8 Å². The molecule has 0 aromatic rings. The lowest BCUT2D eigenvalue weighted by atomic mass is 9.82. The number of rotatable bonds is 9. The average molecular weight is 289 g/mol. The summed E-state index contributed by atoms with van der Waals surface area (Å²) in [5.74, 6) is 1.77. The van der Waals surface area contributed by atoms with Crippen LogP contribution in [0.5, 0.6) is 0 Å². The molecule has 0 spiro atoms. The highest BCUT2D eigenvalue weighted by Gasteiger charge is 2.40. The SMILES string of the molecule is CCO[Si](CCC1CCC(C)CC1)(OCC)OCC. The van der Waals surface area contributed by atoms with Gasteiger partial charge in [0.1, 0.15) is 0 Å². The maximum Gasteiger partial charge on any atom is 0.500 e. The molecule has 4 heteroatoms. The quantitative estimate of drug-likeness (QED) is 0.594. The molecule has 1 aliphatic rings. The summed E-state index contributed by atoms with van der Waals surface area (Å²) in [6.45, 7) is 10.5. The van der Waals surface area contributed by atoms with Crippen LogP contribution in [0.15, 0.2) is 0 Å². The Balaban J connectivity index is 2.46. The van der Waals surface area contributed by atoms with Gasteiger partial charge in [-0.05, 0) is 39.0 Å². The Labute approximate surface area is 120 Å². The molecular formula is C15H32O3Si. The van der Waals surface area contributed by atoms with Crippen LogP contribution in [0.4, 0.5) is 0 Å². The van der Waals surface area contributed by atoms with Crippen LogP contribution in [0.25, 0.3) is 0 Å². The van der Waals surface area contributed by atoms with Crippen LogP contribution in [-0.4, -0.2) is 28.6 Å². The molecule has 0 bridgehead atoms. The molecule has 0 unspecified atom stereocenters. The van der Waals surface area contributed by atoms with Gasteiger partial charge < -0.3 is 13.3 Å². The van der Waals surface area contributed by atoms with E-state index in [9.17, 15) is 0 Å². The van der Waals surface area contributed by atoms with Crippen LogP contribution in [-0.2, 0) is 13.3 Å². The second-order valence-corrected chi connectivity index (χ2v) is 8.38. The van der Waals surface area contributed by atoms with Crippen molar-refractivity contribution in [2.45, 2.75) is 65.8 Å². The van der Waals surface area contributed by atoms with Crippen molar-refractivity contribution in [2.75, 3.05) is 19.8 Å². The maximum absolute atomic E-state index is 5.92. The van der Waals surface area contributed by atoms with E-state index in [0.29, 0.717) is 19.8 Å². The second-order valence-electron chi connectivity index (χ2n) is 5.65. The van der Waals surface area contributed by atoms with Gasteiger partial charge >= 0.3 is 8.80 Å². The first-order chi connectivity index (χ1) is 9.15. The molecule has 1 fully saturated rings. The fraction of sp³-hybridized carbons (Fsp3) is 1.00. The molecule has 0 amide bonds. The first-order valence-corrected chi connectivity index (χ1v) is 10.0. The molecule has 0 radical (unpaired) electrons. The van der Waals surface area contributed by atoms with Crippen molar-refractivity contribution in [1.29, 1.82) is 0 Å². The van der Waals surface area contributed by atoms with Gasteiger partial charge in [0, 0.05) is 25.9 Å². The van der Waals surface area contributed by atoms with Crippen molar-refractivity contribution in [3.63, 3.8) is 0 Å². The summed E-state index contributed by atoms with van der Waals surface area (Å²) >= 11 is 0. The van der Waals surface area contributed by atoms with E-state index in [1.54, 1.807) is 0 Å². The normalized spacial score (nSPS) is 24.6. The topological polar surface area (TPSA) is 27.7 Å². The van der Waals surface area contributed by atoms with Crippen molar-refractivity contribution in [3.05, 3.63) is 0 Å². The molecule has 0 saturated heterocycles. The molecule has 1 saturated carbocycles. The molecule has 1 aliphatic carbocycles. The number of hydrogen-bond acceptors (Lipinski definition) is 3. The Morgan fingerprint density at radius 1 is 0.842 bits per heavy atom. The summed E-state index contributed by atoms with van der Waals surface area (Å²) in [6.07, 6.45) is 6.72. The predicted octanol–water partition coefficient (Wildman–Crippen LogP) is 4.25. The Bertz CT molecular complexity index is 210. The first kappa shape index (κ1) is 17.1. The fourth-order valence-electron chi connectivity index (χ4n) is 3.00. The summed E-state index contributed by atoms with van der Waals surface area (Å²) < 4.78 is 17.8. The largest absolute Gasteiger partial charge is 0.500 e. The zero-order valence-corrected chi connectivity index (χ0v) is 14.2. The summed E-state index contributed by atoms with van der Waals surface area (Å²) in [4.78, 5) is 0. The van der Waals surface area contributed by atoms with Crippen molar-refractivity contribution >= 4 is 8.80 Å². The zero-order valence-electron chi connectivity index (χ0n) is 13.2. The molecule has 0 aromatic heterocycles. The molecular weight excluding hydrogens is 256 g/mol. The average Bonchev–Trinajstić information content (AvgIpc) is 2.39. The molecule has 0 aromatic carbocycles. The van der Waals surface area contributed by atoms with E-state index in [-0.39, 0.29) is 0 Å². The van der Waals surface area contributed by atoms with E-state index in [1.165, 1.54) is 32.1 Å². The Morgan fingerprint density at radius 3 is 1.74 bits per heavy atom. The summed E-state index contributed by atoms with van der Waals surface area (Å²) in [6, 6.07) is 0.988. The van der Waals surface area contributed by atoms with Crippen molar-refractivity contribution in [1.82, 2.24) is 0 Å². The lowest BCUT2D eigenvalue weighted by Crippen LogP contribution is -2.46. The van der Waals surface area contributed by atoms with E-state index >= 15 is 0 Å².